The van der Waals surface area contributed by atoms with E-state index in [0.29, 0.717) is 26.5 Å². The van der Waals surface area contributed by atoms with Crippen LogP contribution in [0.25, 0.3) is 6.08 Å². The molecule has 12 heteroatoms. The van der Waals surface area contributed by atoms with Crippen LogP contribution in [-0.2, 0) is 19.1 Å². The van der Waals surface area contributed by atoms with Crippen LogP contribution >= 0.6 is 39.3 Å². The summed E-state index contributed by atoms with van der Waals surface area (Å²) in [4.78, 5) is 50.1. The Bertz CT molecular complexity index is 1200. The van der Waals surface area contributed by atoms with E-state index in [9.17, 15) is 19.2 Å². The molecule has 1 heterocycles. The van der Waals surface area contributed by atoms with E-state index in [2.05, 4.69) is 21.2 Å². The number of rotatable bonds is 9. The Kier molecular flexibility index (Phi) is 9.19. The molecule has 0 unspecified atom stereocenters. The highest BCUT2D eigenvalue weighted by molar-refractivity contribution is 9.10. The van der Waals surface area contributed by atoms with Gasteiger partial charge >= 0.3 is 5.97 Å². The highest BCUT2D eigenvalue weighted by Gasteiger charge is 2.36. The Morgan fingerprint density at radius 3 is 2.69 bits per heavy atom. The number of thioether (sulfide) groups is 1. The molecule has 1 aliphatic heterocycles. The van der Waals surface area contributed by atoms with Crippen molar-refractivity contribution in [3.63, 3.8) is 0 Å². The van der Waals surface area contributed by atoms with Gasteiger partial charge in [0.05, 0.1) is 23.1 Å². The quantitative estimate of drug-likeness (QED) is 0.333. The van der Waals surface area contributed by atoms with Gasteiger partial charge in [0.15, 0.2) is 18.1 Å². The van der Waals surface area contributed by atoms with E-state index < -0.39 is 29.6 Å². The lowest BCUT2D eigenvalue weighted by atomic mass is 10.2. The molecule has 184 valence electrons. The van der Waals surface area contributed by atoms with Gasteiger partial charge in [-0.15, -0.1) is 0 Å². The van der Waals surface area contributed by atoms with E-state index in [1.54, 1.807) is 43.3 Å². The Hall–Kier alpha value is -3.02. The Morgan fingerprint density at radius 2 is 2.00 bits per heavy atom. The first kappa shape index (κ1) is 26.6. The Morgan fingerprint density at radius 1 is 1.23 bits per heavy atom. The number of carbonyl (C=O) groups excluding carboxylic acids is 4. The van der Waals surface area contributed by atoms with Crippen LogP contribution in [0, 0.1) is 0 Å². The number of carbonyl (C=O) groups is 4. The molecule has 1 aliphatic rings. The molecule has 0 bridgehead atoms. The number of halogens is 2. The van der Waals surface area contributed by atoms with Crippen LogP contribution in [-0.4, -0.2) is 54.8 Å². The molecule has 35 heavy (non-hydrogen) atoms. The molecule has 0 saturated carbocycles. The summed E-state index contributed by atoms with van der Waals surface area (Å²) in [6.45, 7) is 1.17. The SMILES string of the molecule is CCOC(=O)COc1c(Br)cc(/C=C2\SC(=O)N(CC(=O)Nc3cccc(Cl)c3)C2=O)cc1OC. The van der Waals surface area contributed by atoms with Crippen molar-refractivity contribution in [3.8, 4) is 11.5 Å². The lowest BCUT2D eigenvalue weighted by Crippen LogP contribution is -2.36. The highest BCUT2D eigenvalue weighted by Crippen LogP contribution is 2.39. The zero-order valence-electron chi connectivity index (χ0n) is 18.6. The Balaban J connectivity index is 1.73. The molecular formula is C23H20BrClN2O7S. The zero-order chi connectivity index (χ0) is 25.5. The van der Waals surface area contributed by atoms with Gasteiger partial charge in [-0.2, -0.15) is 0 Å². The monoisotopic (exact) mass is 582 g/mol. The van der Waals surface area contributed by atoms with Gasteiger partial charge in [-0.1, -0.05) is 17.7 Å². The predicted octanol–water partition coefficient (Wildman–Crippen LogP) is 4.73. The third kappa shape index (κ3) is 7.00. The highest BCUT2D eigenvalue weighted by atomic mass is 79.9. The minimum absolute atomic E-state index is 0.139. The van der Waals surface area contributed by atoms with Gasteiger partial charge in [-0.05, 0) is 76.6 Å². The average Bonchev–Trinajstić information content (AvgIpc) is 3.05. The topological polar surface area (TPSA) is 111 Å². The van der Waals surface area contributed by atoms with Crippen molar-refractivity contribution in [3.05, 3.63) is 56.4 Å². The second-order valence-electron chi connectivity index (χ2n) is 6.95. The first-order valence-corrected chi connectivity index (χ1v) is 12.2. The largest absolute Gasteiger partial charge is 0.493 e. The molecule has 1 N–H and O–H groups in total. The molecule has 0 atom stereocenters. The molecule has 0 radical (unpaired) electrons. The maximum Gasteiger partial charge on any atom is 0.344 e. The van der Waals surface area contributed by atoms with Gasteiger partial charge in [-0.25, -0.2) is 4.79 Å². The number of imide groups is 1. The number of nitrogens with one attached hydrogen (secondary N) is 1. The number of hydrogen-bond donors (Lipinski definition) is 1. The third-order valence-corrected chi connectivity index (χ3v) is 6.20. The molecule has 0 spiro atoms. The number of ether oxygens (including phenoxy) is 3. The summed E-state index contributed by atoms with van der Waals surface area (Å²) in [5, 5.41) is 2.48. The molecule has 0 aromatic heterocycles. The van der Waals surface area contributed by atoms with Gasteiger partial charge in [0.25, 0.3) is 11.1 Å². The van der Waals surface area contributed by atoms with Gasteiger partial charge in [0, 0.05) is 10.7 Å². The standard InChI is InChI=1S/C23H20BrClN2O7S/c1-3-33-20(29)12-34-21-16(24)7-13(8-17(21)32-2)9-18-22(30)27(23(31)35-18)11-19(28)26-15-6-4-5-14(25)10-15/h4-10H,3,11-12H2,1-2H3,(H,26,28)/b18-9-. The van der Waals surface area contributed by atoms with Crippen LogP contribution in [0.5, 0.6) is 11.5 Å². The maximum absolute atomic E-state index is 12.8. The van der Waals surface area contributed by atoms with Gasteiger partial charge in [-0.3, -0.25) is 19.3 Å². The lowest BCUT2D eigenvalue weighted by molar-refractivity contribution is -0.145. The molecule has 0 aliphatic carbocycles. The maximum atomic E-state index is 12.8. The Labute approximate surface area is 218 Å². The summed E-state index contributed by atoms with van der Waals surface area (Å²) >= 11 is 9.99. The summed E-state index contributed by atoms with van der Waals surface area (Å²) in [5.74, 6) is -1.08. The number of benzene rings is 2. The summed E-state index contributed by atoms with van der Waals surface area (Å²) < 4.78 is 16.2. The van der Waals surface area contributed by atoms with E-state index in [1.165, 1.54) is 13.2 Å². The first-order chi connectivity index (χ1) is 16.7. The molecule has 9 nitrogen and oxygen atoms in total. The molecule has 1 saturated heterocycles. The zero-order valence-corrected chi connectivity index (χ0v) is 21.8. The van der Waals surface area contributed by atoms with Crippen molar-refractivity contribution in [2.75, 3.05) is 32.2 Å². The summed E-state index contributed by atoms with van der Waals surface area (Å²) in [6.07, 6.45) is 1.50. The number of amides is 3. The van der Waals surface area contributed by atoms with E-state index in [-0.39, 0.29) is 23.9 Å². The van der Waals surface area contributed by atoms with Gasteiger partial charge < -0.3 is 19.5 Å². The number of hydrogen-bond acceptors (Lipinski definition) is 8. The van der Waals surface area contributed by atoms with E-state index in [1.807, 2.05) is 0 Å². The second-order valence-corrected chi connectivity index (χ2v) is 9.24. The summed E-state index contributed by atoms with van der Waals surface area (Å²) in [5.41, 5.74) is 0.985. The molecule has 3 rings (SSSR count). The van der Waals surface area contributed by atoms with E-state index in [4.69, 9.17) is 25.8 Å². The van der Waals surface area contributed by atoms with Crippen molar-refractivity contribution < 1.29 is 33.4 Å². The van der Waals surface area contributed by atoms with Crippen LogP contribution in [0.3, 0.4) is 0 Å². The van der Waals surface area contributed by atoms with Gasteiger partial charge in [0.1, 0.15) is 6.54 Å². The van der Waals surface area contributed by atoms with Crippen molar-refractivity contribution >= 4 is 74.1 Å². The van der Waals surface area contributed by atoms with E-state index in [0.717, 1.165) is 16.7 Å². The fourth-order valence-corrected chi connectivity index (χ4v) is 4.60. The minimum Gasteiger partial charge on any atom is -0.493 e. The predicted molar refractivity (Wildman–Crippen MR) is 136 cm³/mol. The number of esters is 1. The average molecular weight is 584 g/mol. The smallest absolute Gasteiger partial charge is 0.344 e. The van der Waals surface area contributed by atoms with Crippen molar-refractivity contribution in [2.24, 2.45) is 0 Å². The minimum atomic E-state index is -0.598. The van der Waals surface area contributed by atoms with Crippen LogP contribution in [0.4, 0.5) is 10.5 Å². The van der Waals surface area contributed by atoms with Crippen LogP contribution < -0.4 is 14.8 Å². The molecule has 3 amide bonds. The second kappa shape index (κ2) is 12.1. The van der Waals surface area contributed by atoms with Crippen molar-refractivity contribution in [2.45, 2.75) is 6.92 Å². The normalized spacial score (nSPS) is 14.3. The molecular weight excluding hydrogens is 564 g/mol. The van der Waals surface area contributed by atoms with Crippen molar-refractivity contribution in [1.29, 1.82) is 0 Å². The molecule has 1 fully saturated rings. The van der Waals surface area contributed by atoms with Crippen LogP contribution in [0.1, 0.15) is 12.5 Å². The number of anilines is 1. The third-order valence-electron chi connectivity index (χ3n) is 4.47. The van der Waals surface area contributed by atoms with E-state index >= 15 is 0 Å². The first-order valence-electron chi connectivity index (χ1n) is 10.2. The number of nitrogens with zero attached hydrogens (tertiary/aromatic N) is 1. The lowest BCUT2D eigenvalue weighted by Gasteiger charge is -2.13. The van der Waals surface area contributed by atoms with Gasteiger partial charge in [0.2, 0.25) is 5.91 Å². The summed E-state index contributed by atoms with van der Waals surface area (Å²) in [6, 6.07) is 9.75. The number of methoxy groups -OCH3 is 1. The molecule has 2 aromatic rings. The molecule has 2 aromatic carbocycles. The fraction of sp³-hybridized carbons (Fsp3) is 0.217. The fourth-order valence-electron chi connectivity index (χ4n) is 2.99. The van der Waals surface area contributed by atoms with Crippen LogP contribution in [0.2, 0.25) is 5.02 Å². The van der Waals surface area contributed by atoms with Crippen LogP contribution in [0.15, 0.2) is 45.8 Å². The van der Waals surface area contributed by atoms with Crippen molar-refractivity contribution in [1.82, 2.24) is 4.90 Å². The summed E-state index contributed by atoms with van der Waals surface area (Å²) in [7, 11) is 1.43.